The third-order valence-corrected chi connectivity index (χ3v) is 6.02. The molecule has 7 heteroatoms. The zero-order chi connectivity index (χ0) is 16.3. The van der Waals surface area contributed by atoms with E-state index >= 15 is 0 Å². The van der Waals surface area contributed by atoms with Crippen LogP contribution in [0.1, 0.15) is 31.9 Å². The summed E-state index contributed by atoms with van der Waals surface area (Å²) in [6.45, 7) is 7.45. The Balaban J connectivity index is 2.63. The van der Waals surface area contributed by atoms with Crippen LogP contribution in [0.25, 0.3) is 0 Å². The molecule has 1 rings (SSSR count). The fourth-order valence-electron chi connectivity index (χ4n) is 1.79. The highest BCUT2D eigenvalue weighted by atomic mass is 32.2. The average Bonchev–Trinajstić information content (AvgIpc) is 2.34. The summed E-state index contributed by atoms with van der Waals surface area (Å²) in [6.07, 6.45) is 0. The Morgan fingerprint density at radius 3 is 2.43 bits per heavy atom. The number of hydrogen-bond donors (Lipinski definition) is 1. The van der Waals surface area contributed by atoms with E-state index in [-0.39, 0.29) is 11.4 Å². The highest BCUT2D eigenvalue weighted by Crippen LogP contribution is 2.21. The third kappa shape index (κ3) is 4.50. The first-order valence-corrected chi connectivity index (χ1v) is 8.37. The van der Waals surface area contributed by atoms with Crippen molar-refractivity contribution in [1.29, 1.82) is 0 Å². The fraction of sp³-hybridized carbons (Fsp3) is 0.571. The van der Waals surface area contributed by atoms with Crippen LogP contribution in [0.15, 0.2) is 18.2 Å². The molecule has 0 aliphatic heterocycles. The van der Waals surface area contributed by atoms with E-state index in [9.17, 15) is 18.5 Å². The summed E-state index contributed by atoms with van der Waals surface area (Å²) in [5.74, 6) is 0.0461. The lowest BCUT2D eigenvalue weighted by Crippen LogP contribution is -2.34. The SMILES string of the molecule is Cc1c(CNCCS(=O)(=O)C(C)(C)C)cccc1[N+](=O)[O-]. The number of nitrogens with one attached hydrogen (secondary N) is 1. The van der Waals surface area contributed by atoms with Gasteiger partial charge in [-0.25, -0.2) is 8.42 Å². The molecule has 21 heavy (non-hydrogen) atoms. The predicted molar refractivity (Wildman–Crippen MR) is 83.1 cm³/mol. The summed E-state index contributed by atoms with van der Waals surface area (Å²) in [7, 11) is -3.15. The summed E-state index contributed by atoms with van der Waals surface area (Å²) in [6, 6.07) is 4.89. The normalized spacial score (nSPS) is 12.4. The number of nitrogens with zero attached hydrogens (tertiary/aromatic N) is 1. The Bertz CT molecular complexity index is 618. The number of sulfone groups is 1. The van der Waals surface area contributed by atoms with Gasteiger partial charge in [0, 0.05) is 24.7 Å². The highest BCUT2D eigenvalue weighted by molar-refractivity contribution is 7.92. The third-order valence-electron chi connectivity index (χ3n) is 3.41. The van der Waals surface area contributed by atoms with Crippen molar-refractivity contribution in [3.63, 3.8) is 0 Å². The van der Waals surface area contributed by atoms with Crippen molar-refractivity contribution < 1.29 is 13.3 Å². The molecule has 1 aromatic rings. The molecule has 1 N–H and O–H groups in total. The average molecular weight is 314 g/mol. The minimum Gasteiger partial charge on any atom is -0.312 e. The molecule has 0 spiro atoms. The predicted octanol–water partition coefficient (Wildman–Crippen LogP) is 2.21. The highest BCUT2D eigenvalue weighted by Gasteiger charge is 2.28. The zero-order valence-electron chi connectivity index (χ0n) is 12.8. The minimum absolute atomic E-state index is 0.0461. The van der Waals surface area contributed by atoms with Gasteiger partial charge in [-0.15, -0.1) is 0 Å². The van der Waals surface area contributed by atoms with Crippen LogP contribution in [-0.4, -0.2) is 30.4 Å². The van der Waals surface area contributed by atoms with Crippen molar-refractivity contribution in [3.05, 3.63) is 39.4 Å². The van der Waals surface area contributed by atoms with Crippen LogP contribution < -0.4 is 5.32 Å². The minimum atomic E-state index is -3.15. The van der Waals surface area contributed by atoms with Gasteiger partial charge in [0.05, 0.1) is 15.4 Å². The first-order valence-electron chi connectivity index (χ1n) is 6.72. The van der Waals surface area contributed by atoms with Crippen molar-refractivity contribution in [2.75, 3.05) is 12.3 Å². The Morgan fingerprint density at radius 1 is 1.29 bits per heavy atom. The zero-order valence-corrected chi connectivity index (χ0v) is 13.7. The Morgan fingerprint density at radius 2 is 1.90 bits per heavy atom. The second-order valence-corrected chi connectivity index (χ2v) is 8.79. The smallest absolute Gasteiger partial charge is 0.272 e. The quantitative estimate of drug-likeness (QED) is 0.494. The molecule has 6 nitrogen and oxygen atoms in total. The number of nitro benzene ring substituents is 1. The molecule has 0 saturated heterocycles. The summed E-state index contributed by atoms with van der Waals surface area (Å²) in [4.78, 5) is 10.4. The van der Waals surface area contributed by atoms with Gasteiger partial charge in [-0.05, 0) is 33.3 Å². The van der Waals surface area contributed by atoms with Crippen LogP contribution >= 0.6 is 0 Å². The van der Waals surface area contributed by atoms with Gasteiger partial charge in [0.1, 0.15) is 0 Å². The molecule has 0 bridgehead atoms. The van der Waals surface area contributed by atoms with Gasteiger partial charge in [-0.2, -0.15) is 0 Å². The van der Waals surface area contributed by atoms with Crippen molar-refractivity contribution in [1.82, 2.24) is 5.32 Å². The van der Waals surface area contributed by atoms with Crippen LogP contribution in [0.3, 0.4) is 0 Å². The van der Waals surface area contributed by atoms with Crippen LogP contribution in [-0.2, 0) is 16.4 Å². The molecule has 0 amide bonds. The van der Waals surface area contributed by atoms with Gasteiger partial charge in [0.15, 0.2) is 9.84 Å². The van der Waals surface area contributed by atoms with E-state index in [1.807, 2.05) is 0 Å². The number of benzene rings is 1. The maximum absolute atomic E-state index is 11.9. The van der Waals surface area contributed by atoms with Crippen molar-refractivity contribution in [3.8, 4) is 0 Å². The van der Waals surface area contributed by atoms with Crippen LogP contribution in [0.4, 0.5) is 5.69 Å². The van der Waals surface area contributed by atoms with Crippen LogP contribution in [0, 0.1) is 17.0 Å². The second-order valence-electron chi connectivity index (χ2n) is 5.93. The lowest BCUT2D eigenvalue weighted by molar-refractivity contribution is -0.385. The molecule has 0 aliphatic carbocycles. The molecule has 0 radical (unpaired) electrons. The molecule has 0 atom stereocenters. The van der Waals surface area contributed by atoms with E-state index in [1.54, 1.807) is 39.8 Å². The van der Waals surface area contributed by atoms with Crippen LogP contribution in [0.5, 0.6) is 0 Å². The van der Waals surface area contributed by atoms with Gasteiger partial charge in [0.25, 0.3) is 5.69 Å². The van der Waals surface area contributed by atoms with Crippen molar-refractivity contribution in [2.24, 2.45) is 0 Å². The van der Waals surface area contributed by atoms with Crippen molar-refractivity contribution in [2.45, 2.75) is 39.0 Å². The standard InChI is InChI=1S/C14H22N2O4S/c1-11-12(6-5-7-13(11)16(17)18)10-15-8-9-21(19,20)14(2,3)4/h5-7,15H,8-10H2,1-4H3. The summed E-state index contributed by atoms with van der Waals surface area (Å²) in [5, 5.41) is 13.9. The number of hydrogen-bond acceptors (Lipinski definition) is 5. The van der Waals surface area contributed by atoms with E-state index in [1.165, 1.54) is 6.07 Å². The molecular formula is C14H22N2O4S. The van der Waals surface area contributed by atoms with Gasteiger partial charge in [0.2, 0.25) is 0 Å². The van der Waals surface area contributed by atoms with Gasteiger partial charge in [-0.3, -0.25) is 10.1 Å². The Labute approximate surface area is 125 Å². The first kappa shape index (κ1) is 17.6. The van der Waals surface area contributed by atoms with E-state index in [2.05, 4.69) is 5.32 Å². The second kappa shape index (κ2) is 6.53. The number of nitro groups is 1. The van der Waals surface area contributed by atoms with Gasteiger partial charge < -0.3 is 5.32 Å². The van der Waals surface area contributed by atoms with Gasteiger partial charge >= 0.3 is 0 Å². The molecule has 0 aliphatic rings. The molecular weight excluding hydrogens is 292 g/mol. The Hall–Kier alpha value is -1.47. The van der Waals surface area contributed by atoms with Gasteiger partial charge in [-0.1, -0.05) is 12.1 Å². The summed E-state index contributed by atoms with van der Waals surface area (Å²) in [5.41, 5.74) is 1.49. The lowest BCUT2D eigenvalue weighted by atomic mass is 10.1. The monoisotopic (exact) mass is 314 g/mol. The maximum Gasteiger partial charge on any atom is 0.272 e. The molecule has 0 fully saturated rings. The topological polar surface area (TPSA) is 89.3 Å². The molecule has 0 heterocycles. The van der Waals surface area contributed by atoms with E-state index in [0.29, 0.717) is 18.7 Å². The molecule has 118 valence electrons. The van der Waals surface area contributed by atoms with Crippen molar-refractivity contribution >= 4 is 15.5 Å². The molecule has 0 saturated carbocycles. The summed E-state index contributed by atoms with van der Waals surface area (Å²) >= 11 is 0. The van der Waals surface area contributed by atoms with Crippen LogP contribution in [0.2, 0.25) is 0 Å². The molecule has 0 aromatic heterocycles. The van der Waals surface area contributed by atoms with E-state index in [0.717, 1.165) is 5.56 Å². The fourth-order valence-corrected chi connectivity index (χ4v) is 2.82. The summed E-state index contributed by atoms with van der Waals surface area (Å²) < 4.78 is 23.1. The Kier molecular flexibility index (Phi) is 5.47. The number of rotatable bonds is 6. The van der Waals surface area contributed by atoms with E-state index in [4.69, 9.17) is 0 Å². The first-order chi connectivity index (χ1) is 9.56. The maximum atomic E-state index is 11.9. The van der Waals surface area contributed by atoms with E-state index < -0.39 is 19.5 Å². The largest absolute Gasteiger partial charge is 0.312 e. The lowest BCUT2D eigenvalue weighted by Gasteiger charge is -2.19. The molecule has 1 aromatic carbocycles. The molecule has 0 unspecified atom stereocenters.